The summed E-state index contributed by atoms with van der Waals surface area (Å²) in [6.45, 7) is 3.94. The molecule has 0 atom stereocenters. The summed E-state index contributed by atoms with van der Waals surface area (Å²) in [5.74, 6) is 2.59. The summed E-state index contributed by atoms with van der Waals surface area (Å²) in [7, 11) is 0. The van der Waals surface area contributed by atoms with Crippen LogP contribution < -0.4 is 0 Å². The van der Waals surface area contributed by atoms with E-state index in [9.17, 15) is 0 Å². The number of hydrogen-bond acceptors (Lipinski definition) is 5. The topological polar surface area (TPSA) is 64.5 Å². The highest BCUT2D eigenvalue weighted by Gasteiger charge is 2.17. The lowest BCUT2D eigenvalue weighted by Crippen LogP contribution is -2.01. The minimum absolute atomic E-state index is 0.600. The van der Waals surface area contributed by atoms with Crippen molar-refractivity contribution in [3.8, 4) is 56.5 Å². The number of hydrogen-bond donors (Lipinski definition) is 0. The van der Waals surface area contributed by atoms with Crippen molar-refractivity contribution in [1.82, 2.24) is 24.9 Å². The zero-order valence-corrected chi connectivity index (χ0v) is 25.5. The molecule has 0 amide bonds. The molecule has 0 bridgehead atoms. The van der Waals surface area contributed by atoms with Crippen molar-refractivity contribution in [2.24, 2.45) is 0 Å². The molecular weight excluding hydrogens is 562 g/mol. The summed E-state index contributed by atoms with van der Waals surface area (Å²) in [6.07, 6.45) is 0. The highest BCUT2D eigenvalue weighted by atomic mass is 15.0. The summed E-state index contributed by atoms with van der Waals surface area (Å²) in [6, 6.07) is 48.2. The largest absolute Gasteiger partial charge is 0.239 e. The monoisotopic (exact) mass is 591 g/mol. The van der Waals surface area contributed by atoms with Crippen LogP contribution in [-0.2, 0) is 0 Å². The number of rotatable bonds is 5. The number of aryl methyl sites for hydroxylation is 2. The van der Waals surface area contributed by atoms with Gasteiger partial charge in [0.2, 0.25) is 0 Å². The molecule has 8 aromatic rings. The van der Waals surface area contributed by atoms with Gasteiger partial charge in [0.1, 0.15) is 5.82 Å². The Bertz CT molecular complexity index is 2310. The van der Waals surface area contributed by atoms with Gasteiger partial charge in [-0.3, -0.25) is 0 Å². The highest BCUT2D eigenvalue weighted by Crippen LogP contribution is 2.38. The smallest absolute Gasteiger partial charge is 0.164 e. The van der Waals surface area contributed by atoms with Gasteiger partial charge in [-0.2, -0.15) is 0 Å². The van der Waals surface area contributed by atoms with Crippen molar-refractivity contribution in [1.29, 1.82) is 0 Å². The predicted octanol–water partition coefficient (Wildman–Crippen LogP) is 9.92. The molecule has 8 rings (SSSR count). The van der Waals surface area contributed by atoms with Crippen LogP contribution in [0.25, 0.3) is 78.1 Å². The molecule has 0 fully saturated rings. The van der Waals surface area contributed by atoms with Gasteiger partial charge in [0, 0.05) is 27.9 Å². The van der Waals surface area contributed by atoms with E-state index in [4.69, 9.17) is 19.9 Å². The molecule has 0 unspecified atom stereocenters. The lowest BCUT2D eigenvalue weighted by Gasteiger charge is -2.15. The van der Waals surface area contributed by atoms with Crippen LogP contribution in [0.2, 0.25) is 0 Å². The second-order valence-electron chi connectivity index (χ2n) is 11.5. The molecule has 46 heavy (non-hydrogen) atoms. The van der Waals surface area contributed by atoms with E-state index in [0.29, 0.717) is 17.5 Å². The molecule has 0 saturated carbocycles. The first-order chi connectivity index (χ1) is 22.6. The average molecular weight is 592 g/mol. The van der Waals surface area contributed by atoms with Crippen LogP contribution in [0.4, 0.5) is 0 Å². The van der Waals surface area contributed by atoms with E-state index < -0.39 is 0 Å². The Kier molecular flexibility index (Phi) is 6.84. The Morgan fingerprint density at radius 2 is 0.891 bits per heavy atom. The second-order valence-corrected chi connectivity index (χ2v) is 11.5. The van der Waals surface area contributed by atoms with Crippen molar-refractivity contribution < 1.29 is 0 Å². The van der Waals surface area contributed by atoms with Crippen LogP contribution >= 0.6 is 0 Å². The molecule has 0 radical (unpaired) electrons. The van der Waals surface area contributed by atoms with Crippen LogP contribution in [0.1, 0.15) is 11.5 Å². The van der Waals surface area contributed by atoms with Gasteiger partial charge in [0.15, 0.2) is 17.5 Å². The molecule has 0 aliphatic heterocycles. The highest BCUT2D eigenvalue weighted by molar-refractivity contribution is 6.14. The first-order valence-corrected chi connectivity index (χ1v) is 15.3. The molecule has 2 aromatic heterocycles. The number of aromatic nitrogens is 5. The van der Waals surface area contributed by atoms with E-state index in [-0.39, 0.29) is 0 Å². The van der Waals surface area contributed by atoms with Crippen molar-refractivity contribution in [3.05, 3.63) is 151 Å². The summed E-state index contributed by atoms with van der Waals surface area (Å²) in [5, 5.41) is 4.83. The van der Waals surface area contributed by atoms with E-state index in [1.54, 1.807) is 0 Å². The van der Waals surface area contributed by atoms with Crippen molar-refractivity contribution in [2.45, 2.75) is 13.8 Å². The maximum Gasteiger partial charge on any atom is 0.164 e. The van der Waals surface area contributed by atoms with Gasteiger partial charge in [0.25, 0.3) is 0 Å². The fourth-order valence-electron chi connectivity index (χ4n) is 6.16. The van der Waals surface area contributed by atoms with Crippen LogP contribution in [0.5, 0.6) is 0 Å². The van der Waals surface area contributed by atoms with E-state index in [0.717, 1.165) is 50.6 Å². The molecular formula is C41H29N5. The van der Waals surface area contributed by atoms with Crippen LogP contribution in [0, 0.1) is 13.8 Å². The van der Waals surface area contributed by atoms with Gasteiger partial charge in [-0.15, -0.1) is 0 Å². The van der Waals surface area contributed by atoms with Crippen molar-refractivity contribution in [3.63, 3.8) is 0 Å². The first-order valence-electron chi connectivity index (χ1n) is 15.3. The van der Waals surface area contributed by atoms with E-state index in [2.05, 4.69) is 77.8 Å². The van der Waals surface area contributed by atoms with E-state index in [1.165, 1.54) is 21.5 Å². The predicted molar refractivity (Wildman–Crippen MR) is 187 cm³/mol. The third kappa shape index (κ3) is 5.18. The van der Waals surface area contributed by atoms with E-state index >= 15 is 0 Å². The van der Waals surface area contributed by atoms with Crippen molar-refractivity contribution >= 4 is 21.5 Å². The standard InChI is InChI=1S/C41H29N5/c1-26-21-38(43-27(2)42-26)32-22-31(37-25-30-17-9-10-18-34(30)35-19-11-12-20-36(35)37)23-33(24-32)41-45-39(28-13-5-3-6-14-28)44-40(46-41)29-15-7-4-8-16-29/h3-25H,1-2H3. The number of nitrogens with zero attached hydrogens (tertiary/aromatic N) is 5. The molecule has 5 heteroatoms. The van der Waals surface area contributed by atoms with Crippen LogP contribution in [0.3, 0.4) is 0 Å². The molecule has 218 valence electrons. The minimum atomic E-state index is 0.600. The zero-order valence-electron chi connectivity index (χ0n) is 25.5. The maximum absolute atomic E-state index is 5.06. The van der Waals surface area contributed by atoms with Gasteiger partial charge in [-0.05, 0) is 76.9 Å². The van der Waals surface area contributed by atoms with Gasteiger partial charge in [0.05, 0.1) is 5.69 Å². The SMILES string of the molecule is Cc1cc(-c2cc(-c3nc(-c4ccccc4)nc(-c4ccccc4)n3)cc(-c3cc4ccccc4c4ccccc34)c2)nc(C)n1. The Hall–Kier alpha value is -6.07. The Morgan fingerprint density at radius 1 is 0.370 bits per heavy atom. The van der Waals surface area contributed by atoms with Gasteiger partial charge >= 0.3 is 0 Å². The molecule has 0 saturated heterocycles. The first kappa shape index (κ1) is 27.5. The molecule has 0 N–H and O–H groups in total. The Balaban J connectivity index is 1.42. The lowest BCUT2D eigenvalue weighted by molar-refractivity contribution is 1.02. The average Bonchev–Trinajstić information content (AvgIpc) is 3.11. The van der Waals surface area contributed by atoms with Gasteiger partial charge in [-0.25, -0.2) is 24.9 Å². The minimum Gasteiger partial charge on any atom is -0.239 e. The summed E-state index contributed by atoms with van der Waals surface area (Å²) in [4.78, 5) is 24.4. The fraction of sp³-hybridized carbons (Fsp3) is 0.0488. The Labute approximate surface area is 267 Å². The zero-order chi connectivity index (χ0) is 31.0. The summed E-state index contributed by atoms with van der Waals surface area (Å²) < 4.78 is 0. The van der Waals surface area contributed by atoms with E-state index in [1.807, 2.05) is 80.6 Å². The Morgan fingerprint density at radius 3 is 1.54 bits per heavy atom. The van der Waals surface area contributed by atoms with Crippen LogP contribution in [0.15, 0.2) is 140 Å². The third-order valence-corrected chi connectivity index (χ3v) is 8.23. The van der Waals surface area contributed by atoms with Gasteiger partial charge < -0.3 is 0 Å². The third-order valence-electron chi connectivity index (χ3n) is 8.23. The maximum atomic E-state index is 5.06. The number of fused-ring (bicyclic) bond motifs is 3. The molecule has 0 spiro atoms. The summed E-state index contributed by atoms with van der Waals surface area (Å²) >= 11 is 0. The normalized spacial score (nSPS) is 11.3. The summed E-state index contributed by atoms with van der Waals surface area (Å²) in [5.41, 5.74) is 7.70. The van der Waals surface area contributed by atoms with Crippen molar-refractivity contribution in [2.75, 3.05) is 0 Å². The van der Waals surface area contributed by atoms with Crippen LogP contribution in [-0.4, -0.2) is 24.9 Å². The molecule has 5 nitrogen and oxygen atoms in total. The molecule has 6 aromatic carbocycles. The van der Waals surface area contributed by atoms with Gasteiger partial charge in [-0.1, -0.05) is 109 Å². The molecule has 0 aliphatic carbocycles. The molecule has 0 aliphatic rings. The fourth-order valence-corrected chi connectivity index (χ4v) is 6.16. The lowest BCUT2D eigenvalue weighted by atomic mass is 9.91. The molecule has 2 heterocycles. The second kappa shape index (κ2) is 11.5. The number of benzene rings is 6. The quantitative estimate of drug-likeness (QED) is 0.186.